The summed E-state index contributed by atoms with van der Waals surface area (Å²) >= 11 is 0. The number of carbonyl (C=O) groups is 4. The first kappa shape index (κ1) is 102. The lowest BCUT2D eigenvalue weighted by Crippen LogP contribution is -2.30. The third-order valence-corrected chi connectivity index (χ3v) is 22.1. The van der Waals surface area contributed by atoms with Crippen molar-refractivity contribution >= 4 is 39.5 Å². The van der Waals surface area contributed by atoms with Crippen molar-refractivity contribution < 1.29 is 80.2 Å². The summed E-state index contributed by atoms with van der Waals surface area (Å²) in [7, 11) is -9.93. The van der Waals surface area contributed by atoms with Crippen LogP contribution in [0.4, 0.5) is 0 Å². The van der Waals surface area contributed by atoms with Crippen LogP contribution in [0.25, 0.3) is 0 Å². The van der Waals surface area contributed by atoms with E-state index in [9.17, 15) is 43.2 Å². The topological polar surface area (TPSA) is 237 Å². The second-order valence-electron chi connectivity index (χ2n) is 31.8. The summed E-state index contributed by atoms with van der Waals surface area (Å²) in [6.45, 7) is 12.0. The Bertz CT molecular complexity index is 2010. The number of phosphoric acid groups is 2. The fraction of sp³-hybridized carbons (Fsp3) is 0.953. The molecule has 0 saturated carbocycles. The molecule has 0 aromatic carbocycles. The van der Waals surface area contributed by atoms with Crippen molar-refractivity contribution in [1.29, 1.82) is 0 Å². The van der Waals surface area contributed by atoms with Gasteiger partial charge in [0.25, 0.3) is 0 Å². The van der Waals surface area contributed by atoms with E-state index in [0.717, 1.165) is 108 Å². The molecule has 0 amide bonds. The lowest BCUT2D eigenvalue weighted by Gasteiger charge is -2.21. The molecule has 0 aliphatic rings. The molecular weight excluding hydrogens is 1350 g/mol. The molecule has 0 saturated heterocycles. The van der Waals surface area contributed by atoms with Gasteiger partial charge in [-0.2, -0.15) is 0 Å². The molecule has 6 atom stereocenters. The summed E-state index contributed by atoms with van der Waals surface area (Å²) in [5, 5.41) is 10.7. The van der Waals surface area contributed by atoms with Crippen molar-refractivity contribution in [3.8, 4) is 0 Å². The van der Waals surface area contributed by atoms with Crippen molar-refractivity contribution in [3.63, 3.8) is 0 Å². The molecule has 0 bridgehead atoms. The smallest absolute Gasteiger partial charge is 0.462 e. The number of ether oxygens (including phenoxy) is 4. The molecule has 0 spiro atoms. The van der Waals surface area contributed by atoms with Gasteiger partial charge in [-0.05, 0) is 43.4 Å². The number of hydrogen-bond acceptors (Lipinski definition) is 15. The predicted molar refractivity (Wildman–Crippen MR) is 428 cm³/mol. The zero-order valence-electron chi connectivity index (χ0n) is 68.5. The van der Waals surface area contributed by atoms with Crippen LogP contribution in [0.3, 0.4) is 0 Å². The monoisotopic (exact) mass is 1520 g/mol. The van der Waals surface area contributed by atoms with Crippen molar-refractivity contribution in [2.75, 3.05) is 39.6 Å². The van der Waals surface area contributed by atoms with E-state index in [4.69, 9.17) is 37.0 Å². The average Bonchev–Trinajstić information content (AvgIpc) is 0.909. The van der Waals surface area contributed by atoms with Gasteiger partial charge in [0.15, 0.2) is 12.2 Å². The highest BCUT2D eigenvalue weighted by Crippen LogP contribution is 2.45. The SMILES string of the molecule is CCCCCCCCCCCCCCCCCCCCCCCC(=O)O[C@H](COC(=O)CCCCCCCCCCCCCCCC(C)C)COP(=O)(O)OC[C@@H](O)COP(=O)(O)OC[C@@H](COC(=O)CCCCCCCCCCC(C)CC)OC(=O)CCCCCCCCCCCCCCC(C)C. The molecule has 0 aliphatic heterocycles. The Morgan fingerprint density at radius 1 is 0.279 bits per heavy atom. The number of phosphoric ester groups is 2. The number of rotatable bonds is 83. The molecule has 0 fully saturated rings. The Labute approximate surface area is 638 Å². The zero-order valence-corrected chi connectivity index (χ0v) is 70.3. The van der Waals surface area contributed by atoms with Crippen LogP contribution in [0.1, 0.15) is 447 Å². The summed E-state index contributed by atoms with van der Waals surface area (Å²) in [6, 6.07) is 0. The first-order chi connectivity index (χ1) is 50.3. The van der Waals surface area contributed by atoms with E-state index >= 15 is 0 Å². The Morgan fingerprint density at radius 3 is 0.731 bits per heavy atom. The molecule has 3 N–H and O–H groups in total. The van der Waals surface area contributed by atoms with E-state index in [0.29, 0.717) is 25.7 Å². The molecule has 104 heavy (non-hydrogen) atoms. The molecule has 3 unspecified atom stereocenters. The number of esters is 4. The lowest BCUT2D eigenvalue weighted by atomic mass is 9.99. The van der Waals surface area contributed by atoms with Crippen molar-refractivity contribution in [1.82, 2.24) is 0 Å². The molecule has 0 radical (unpaired) electrons. The highest BCUT2D eigenvalue weighted by atomic mass is 31.2. The van der Waals surface area contributed by atoms with Crippen LogP contribution in [-0.4, -0.2) is 96.7 Å². The van der Waals surface area contributed by atoms with Gasteiger partial charge in [-0.15, -0.1) is 0 Å². The summed E-state index contributed by atoms with van der Waals surface area (Å²) in [5.74, 6) is 0.239. The first-order valence-corrected chi connectivity index (χ1v) is 46.9. The predicted octanol–water partition coefficient (Wildman–Crippen LogP) is 25.7. The van der Waals surface area contributed by atoms with Crippen LogP contribution in [-0.2, 0) is 65.4 Å². The lowest BCUT2D eigenvalue weighted by molar-refractivity contribution is -0.161. The van der Waals surface area contributed by atoms with Crippen molar-refractivity contribution in [3.05, 3.63) is 0 Å². The highest BCUT2D eigenvalue weighted by molar-refractivity contribution is 7.47. The number of unbranched alkanes of at least 4 members (excludes halogenated alkanes) is 50. The van der Waals surface area contributed by atoms with Crippen LogP contribution in [0.15, 0.2) is 0 Å². The minimum atomic E-state index is -4.97. The van der Waals surface area contributed by atoms with E-state index in [1.807, 2.05) is 0 Å². The van der Waals surface area contributed by atoms with Crippen LogP contribution in [0.2, 0.25) is 0 Å². The third kappa shape index (κ3) is 76.8. The van der Waals surface area contributed by atoms with Gasteiger partial charge < -0.3 is 33.8 Å². The summed E-state index contributed by atoms with van der Waals surface area (Å²) in [6.07, 6.45) is 65.2. The van der Waals surface area contributed by atoms with Crippen molar-refractivity contribution in [2.24, 2.45) is 17.8 Å². The molecule has 618 valence electrons. The standard InChI is InChI=1S/C85H166O17P2/c1-8-10-11-12-13-14-15-16-17-18-19-20-21-22-23-26-33-38-47-54-61-68-84(89)101-80(72-95-82(87)66-59-52-45-37-32-27-24-25-30-35-42-49-56-63-76(3)4)74-99-103(91,92)97-70-79(86)71-98-104(93,94)100-75-81(73-96-83(88)67-60-53-46-41-40-44-51-58-65-78(7)9-2)102-85(90)69-62-55-48-39-34-29-28-31-36-43-50-57-64-77(5)6/h76-81,86H,8-75H2,1-7H3,(H,91,92)(H,93,94)/t78?,79-,80-,81-/m1/s1. The van der Waals surface area contributed by atoms with E-state index in [-0.39, 0.29) is 25.7 Å². The minimum Gasteiger partial charge on any atom is -0.462 e. The normalized spacial score (nSPS) is 14.2. The van der Waals surface area contributed by atoms with E-state index < -0.39 is 97.5 Å². The van der Waals surface area contributed by atoms with Crippen LogP contribution < -0.4 is 0 Å². The van der Waals surface area contributed by atoms with Gasteiger partial charge >= 0.3 is 39.5 Å². The summed E-state index contributed by atoms with van der Waals surface area (Å²) < 4.78 is 68.9. The molecule has 0 aromatic heterocycles. The molecule has 0 rings (SSSR count). The van der Waals surface area contributed by atoms with Crippen LogP contribution >= 0.6 is 15.6 Å². The second kappa shape index (κ2) is 75.1. The molecule has 17 nitrogen and oxygen atoms in total. The van der Waals surface area contributed by atoms with Gasteiger partial charge in [-0.25, -0.2) is 9.13 Å². The minimum absolute atomic E-state index is 0.106. The number of carbonyl (C=O) groups excluding carboxylic acids is 4. The maximum absolute atomic E-state index is 13.1. The largest absolute Gasteiger partial charge is 0.472 e. The first-order valence-electron chi connectivity index (χ1n) is 43.9. The van der Waals surface area contributed by atoms with E-state index in [1.165, 1.54) is 257 Å². The third-order valence-electron chi connectivity index (χ3n) is 20.2. The van der Waals surface area contributed by atoms with Gasteiger partial charge in [0, 0.05) is 25.7 Å². The fourth-order valence-corrected chi connectivity index (χ4v) is 14.7. The Balaban J connectivity index is 5.25. The van der Waals surface area contributed by atoms with Gasteiger partial charge in [0.1, 0.15) is 19.3 Å². The highest BCUT2D eigenvalue weighted by Gasteiger charge is 2.30. The molecular formula is C85H166O17P2. The molecule has 0 heterocycles. The van der Waals surface area contributed by atoms with Gasteiger partial charge in [-0.3, -0.25) is 37.3 Å². The summed E-state index contributed by atoms with van der Waals surface area (Å²) in [4.78, 5) is 73.2. The Hall–Kier alpha value is -1.94. The van der Waals surface area contributed by atoms with Crippen LogP contribution in [0.5, 0.6) is 0 Å². The van der Waals surface area contributed by atoms with Gasteiger partial charge in [0.2, 0.25) is 0 Å². The van der Waals surface area contributed by atoms with Crippen LogP contribution in [0, 0.1) is 17.8 Å². The summed E-state index contributed by atoms with van der Waals surface area (Å²) in [5.41, 5.74) is 0. The maximum Gasteiger partial charge on any atom is 0.472 e. The average molecular weight is 1520 g/mol. The van der Waals surface area contributed by atoms with Gasteiger partial charge in [-0.1, -0.05) is 395 Å². The molecule has 0 aliphatic carbocycles. The van der Waals surface area contributed by atoms with E-state index in [1.54, 1.807) is 0 Å². The maximum atomic E-state index is 13.1. The number of hydrogen-bond donors (Lipinski definition) is 3. The molecule has 19 heteroatoms. The molecule has 0 aromatic rings. The zero-order chi connectivity index (χ0) is 76.5. The quantitative estimate of drug-likeness (QED) is 0.0222. The van der Waals surface area contributed by atoms with E-state index in [2.05, 4.69) is 48.5 Å². The number of aliphatic hydroxyl groups excluding tert-OH is 1. The Morgan fingerprint density at radius 2 is 0.490 bits per heavy atom. The fourth-order valence-electron chi connectivity index (χ4n) is 13.2. The second-order valence-corrected chi connectivity index (χ2v) is 34.7. The van der Waals surface area contributed by atoms with Crippen molar-refractivity contribution in [2.45, 2.75) is 465 Å². The number of aliphatic hydroxyl groups is 1. The van der Waals surface area contributed by atoms with Gasteiger partial charge in [0.05, 0.1) is 26.4 Å². The Kier molecular flexibility index (Phi) is 73.7.